The lowest BCUT2D eigenvalue weighted by Crippen LogP contribution is -2.38. The Balaban J connectivity index is 2.10. The number of fused-ring (bicyclic) bond motifs is 1. The van der Waals surface area contributed by atoms with Gasteiger partial charge in [-0.2, -0.15) is 0 Å². The van der Waals surface area contributed by atoms with Crippen LogP contribution in [0.25, 0.3) is 0 Å². The summed E-state index contributed by atoms with van der Waals surface area (Å²) in [6.45, 7) is 0. The Kier molecular flexibility index (Phi) is 5.41. The van der Waals surface area contributed by atoms with Gasteiger partial charge in [-0.1, -0.05) is 6.07 Å². The zero-order chi connectivity index (χ0) is 19.6. The Hall–Kier alpha value is -2.93. The Morgan fingerprint density at radius 1 is 0.815 bits per heavy atom. The Labute approximate surface area is 157 Å². The molecule has 0 bridgehead atoms. The van der Waals surface area contributed by atoms with Crippen LogP contribution in [0.5, 0.6) is 28.7 Å². The third-order valence-electron chi connectivity index (χ3n) is 4.52. The predicted molar refractivity (Wildman–Crippen MR) is 97.6 cm³/mol. The molecule has 7 heteroatoms. The van der Waals surface area contributed by atoms with E-state index in [0.29, 0.717) is 34.3 Å². The molecule has 3 rings (SSSR count). The molecule has 7 nitrogen and oxygen atoms in total. The second-order valence-electron chi connectivity index (χ2n) is 5.88. The summed E-state index contributed by atoms with van der Waals surface area (Å²) in [5.41, 5.74) is 1.06. The predicted octanol–water partition coefficient (Wildman–Crippen LogP) is 3.05. The maximum atomic E-state index is 13.1. The maximum Gasteiger partial charge on any atom is 0.203 e. The van der Waals surface area contributed by atoms with Gasteiger partial charge < -0.3 is 28.4 Å². The van der Waals surface area contributed by atoms with Crippen molar-refractivity contribution < 1.29 is 33.2 Å². The first-order chi connectivity index (χ1) is 13.1. The molecular formula is C20H22O7. The molecule has 0 aliphatic carbocycles. The molecule has 2 atom stereocenters. The zero-order valence-electron chi connectivity index (χ0n) is 15.9. The minimum Gasteiger partial charge on any atom is -0.496 e. The number of methoxy groups -OCH3 is 5. The van der Waals surface area contributed by atoms with Crippen LogP contribution in [0.2, 0.25) is 0 Å². The van der Waals surface area contributed by atoms with Gasteiger partial charge in [0.15, 0.2) is 23.7 Å². The van der Waals surface area contributed by atoms with Gasteiger partial charge in [-0.15, -0.1) is 0 Å². The molecule has 1 aliphatic heterocycles. The van der Waals surface area contributed by atoms with Crippen molar-refractivity contribution in [2.24, 2.45) is 0 Å². The Morgan fingerprint density at radius 2 is 1.52 bits per heavy atom. The number of benzene rings is 2. The van der Waals surface area contributed by atoms with Gasteiger partial charge in [0.1, 0.15) is 22.8 Å². The van der Waals surface area contributed by atoms with Gasteiger partial charge in [-0.25, -0.2) is 0 Å². The highest BCUT2D eigenvalue weighted by Crippen LogP contribution is 2.44. The van der Waals surface area contributed by atoms with Crippen LogP contribution in [0.1, 0.15) is 22.0 Å². The summed E-state index contributed by atoms with van der Waals surface area (Å²) >= 11 is 0. The zero-order valence-corrected chi connectivity index (χ0v) is 15.9. The van der Waals surface area contributed by atoms with Gasteiger partial charge >= 0.3 is 0 Å². The lowest BCUT2D eigenvalue weighted by molar-refractivity contribution is -0.00117. The summed E-state index contributed by atoms with van der Waals surface area (Å²) in [7, 11) is 7.61. The number of rotatable bonds is 6. The summed E-state index contributed by atoms with van der Waals surface area (Å²) in [6, 6.07) is 8.65. The first-order valence-corrected chi connectivity index (χ1v) is 8.29. The number of ether oxygens (including phenoxy) is 6. The van der Waals surface area contributed by atoms with E-state index in [-0.39, 0.29) is 5.78 Å². The second kappa shape index (κ2) is 7.75. The molecule has 0 spiro atoms. The number of carbonyl (C=O) groups excluding carboxylic acids is 1. The normalized spacial score (nSPS) is 18.3. The van der Waals surface area contributed by atoms with Gasteiger partial charge in [0.05, 0.1) is 28.4 Å². The molecule has 0 unspecified atom stereocenters. The smallest absolute Gasteiger partial charge is 0.203 e. The minimum absolute atomic E-state index is 0.224. The van der Waals surface area contributed by atoms with Crippen molar-refractivity contribution in [1.82, 2.24) is 0 Å². The van der Waals surface area contributed by atoms with Crippen molar-refractivity contribution in [2.75, 3.05) is 35.5 Å². The first kappa shape index (κ1) is 18.8. The van der Waals surface area contributed by atoms with Gasteiger partial charge in [0.25, 0.3) is 0 Å². The monoisotopic (exact) mass is 374 g/mol. The average Bonchev–Trinajstić information content (AvgIpc) is 2.71. The molecule has 0 N–H and O–H groups in total. The summed E-state index contributed by atoms with van der Waals surface area (Å²) < 4.78 is 32.9. The third-order valence-corrected chi connectivity index (χ3v) is 4.52. The van der Waals surface area contributed by atoms with Crippen molar-refractivity contribution in [2.45, 2.75) is 12.2 Å². The maximum absolute atomic E-state index is 13.1. The molecule has 0 radical (unpaired) electrons. The largest absolute Gasteiger partial charge is 0.496 e. The topological polar surface area (TPSA) is 72.5 Å². The molecule has 1 heterocycles. The van der Waals surface area contributed by atoms with E-state index in [4.69, 9.17) is 28.4 Å². The molecule has 1 aliphatic rings. The van der Waals surface area contributed by atoms with Crippen LogP contribution >= 0.6 is 0 Å². The molecule has 144 valence electrons. The van der Waals surface area contributed by atoms with Crippen LogP contribution in [-0.2, 0) is 4.74 Å². The molecule has 2 aromatic rings. The standard InChI is InChI=1S/C20H22O7/c1-22-12-9-15(25-4)17-16(10-12)27-19(20(26-5)18(17)21)11-6-7-13(23-2)14(8-11)24-3/h6-10,19-20H,1-5H3/t19-,20+/m0/s1. The van der Waals surface area contributed by atoms with E-state index >= 15 is 0 Å². The van der Waals surface area contributed by atoms with Crippen molar-refractivity contribution in [3.8, 4) is 28.7 Å². The van der Waals surface area contributed by atoms with Gasteiger partial charge in [-0.3, -0.25) is 4.79 Å². The van der Waals surface area contributed by atoms with Gasteiger partial charge in [0.2, 0.25) is 5.78 Å². The third kappa shape index (κ3) is 3.26. The quantitative estimate of drug-likeness (QED) is 0.769. The summed E-state index contributed by atoms with van der Waals surface area (Å²) in [5, 5.41) is 0. The fourth-order valence-corrected chi connectivity index (χ4v) is 3.16. The molecule has 0 saturated carbocycles. The van der Waals surface area contributed by atoms with Crippen LogP contribution < -0.4 is 23.7 Å². The minimum atomic E-state index is -0.835. The average molecular weight is 374 g/mol. The van der Waals surface area contributed by atoms with E-state index in [0.717, 1.165) is 5.56 Å². The highest BCUT2D eigenvalue weighted by Gasteiger charge is 2.41. The van der Waals surface area contributed by atoms with E-state index in [9.17, 15) is 4.79 Å². The summed E-state index contributed by atoms with van der Waals surface area (Å²) in [6.07, 6.45) is -1.50. The van der Waals surface area contributed by atoms with E-state index < -0.39 is 12.2 Å². The van der Waals surface area contributed by atoms with Crippen molar-refractivity contribution in [1.29, 1.82) is 0 Å². The molecule has 0 amide bonds. The van der Waals surface area contributed by atoms with Gasteiger partial charge in [-0.05, 0) is 17.7 Å². The first-order valence-electron chi connectivity index (χ1n) is 8.29. The van der Waals surface area contributed by atoms with E-state index in [1.54, 1.807) is 38.5 Å². The summed E-state index contributed by atoms with van der Waals surface area (Å²) in [5.74, 6) is 2.18. The fraction of sp³-hybridized carbons (Fsp3) is 0.350. The lowest BCUT2D eigenvalue weighted by Gasteiger charge is -2.33. The number of Topliss-reactive ketones (excluding diaryl/α,β-unsaturated/α-hetero) is 1. The molecule has 0 aromatic heterocycles. The molecule has 2 aromatic carbocycles. The fourth-order valence-electron chi connectivity index (χ4n) is 3.16. The van der Waals surface area contributed by atoms with Crippen LogP contribution in [-0.4, -0.2) is 47.4 Å². The molecule has 0 fully saturated rings. The molecule has 0 saturated heterocycles. The van der Waals surface area contributed by atoms with Crippen molar-refractivity contribution >= 4 is 5.78 Å². The van der Waals surface area contributed by atoms with Crippen LogP contribution in [0.4, 0.5) is 0 Å². The van der Waals surface area contributed by atoms with Crippen molar-refractivity contribution in [3.05, 3.63) is 41.5 Å². The van der Waals surface area contributed by atoms with Crippen LogP contribution in [0.15, 0.2) is 30.3 Å². The van der Waals surface area contributed by atoms with Crippen LogP contribution in [0.3, 0.4) is 0 Å². The van der Waals surface area contributed by atoms with Crippen LogP contribution in [0, 0.1) is 0 Å². The highest BCUT2D eigenvalue weighted by molar-refractivity contribution is 6.06. The van der Waals surface area contributed by atoms with Crippen molar-refractivity contribution in [3.63, 3.8) is 0 Å². The number of hydrogen-bond acceptors (Lipinski definition) is 7. The lowest BCUT2D eigenvalue weighted by atomic mass is 9.92. The Morgan fingerprint density at radius 3 is 2.11 bits per heavy atom. The number of hydrogen-bond donors (Lipinski definition) is 0. The number of ketones is 1. The molecule has 27 heavy (non-hydrogen) atoms. The number of carbonyl (C=O) groups is 1. The van der Waals surface area contributed by atoms with E-state index in [1.165, 1.54) is 21.3 Å². The van der Waals surface area contributed by atoms with E-state index in [2.05, 4.69) is 0 Å². The van der Waals surface area contributed by atoms with Gasteiger partial charge in [0, 0.05) is 19.2 Å². The van der Waals surface area contributed by atoms with E-state index in [1.807, 2.05) is 6.07 Å². The molecular weight excluding hydrogens is 352 g/mol. The SMILES string of the molecule is COc1cc(OC)c2c(c1)O[C@@H](c1ccc(OC)c(OC)c1)[C@H](OC)C2=O. The summed E-state index contributed by atoms with van der Waals surface area (Å²) in [4.78, 5) is 13.1. The highest BCUT2D eigenvalue weighted by atomic mass is 16.5. The Bertz CT molecular complexity index is 846. The second-order valence-corrected chi connectivity index (χ2v) is 5.88.